The van der Waals surface area contributed by atoms with Crippen molar-refractivity contribution in [1.29, 1.82) is 0 Å². The van der Waals surface area contributed by atoms with E-state index in [4.69, 9.17) is 0 Å². The Morgan fingerprint density at radius 2 is 2.54 bits per heavy atom. The van der Waals surface area contributed by atoms with Crippen LogP contribution in [0.15, 0.2) is 6.33 Å². The molecule has 13 heavy (non-hydrogen) atoms. The van der Waals surface area contributed by atoms with E-state index in [9.17, 15) is 0 Å². The number of aromatic nitrogens is 3. The third kappa shape index (κ3) is 1.72. The van der Waals surface area contributed by atoms with Gasteiger partial charge in [0.05, 0.1) is 6.04 Å². The second-order valence-electron chi connectivity index (χ2n) is 3.44. The highest BCUT2D eigenvalue weighted by atomic mass is 15.3. The number of nitrogens with zero attached hydrogens (tertiary/aromatic N) is 3. The Labute approximate surface area is 78.4 Å². The van der Waals surface area contributed by atoms with E-state index in [1.54, 1.807) is 6.33 Å². The van der Waals surface area contributed by atoms with Crippen LogP contribution in [0.1, 0.15) is 38.1 Å². The zero-order valence-corrected chi connectivity index (χ0v) is 8.03. The number of hydrogen-bond donors (Lipinski definition) is 1. The van der Waals surface area contributed by atoms with Gasteiger partial charge >= 0.3 is 0 Å². The SMILES string of the molecule is CCn1ncnc1C1CCCCN1. The lowest BCUT2D eigenvalue weighted by Crippen LogP contribution is -2.29. The molecule has 72 valence electrons. The van der Waals surface area contributed by atoms with Crippen LogP contribution in [-0.4, -0.2) is 21.3 Å². The Balaban J connectivity index is 2.13. The molecule has 0 radical (unpaired) electrons. The maximum atomic E-state index is 4.30. The summed E-state index contributed by atoms with van der Waals surface area (Å²) in [5.74, 6) is 1.10. The summed E-state index contributed by atoms with van der Waals surface area (Å²) in [6.45, 7) is 4.12. The predicted molar refractivity (Wildman–Crippen MR) is 50.3 cm³/mol. The van der Waals surface area contributed by atoms with Crippen LogP contribution in [0, 0.1) is 0 Å². The Bertz CT molecular complexity index is 262. The van der Waals surface area contributed by atoms with Crippen LogP contribution in [0.3, 0.4) is 0 Å². The normalized spacial score (nSPS) is 23.3. The molecule has 0 aliphatic carbocycles. The molecule has 1 unspecified atom stereocenters. The minimum atomic E-state index is 0.427. The molecule has 1 fully saturated rings. The fourth-order valence-corrected chi connectivity index (χ4v) is 1.86. The van der Waals surface area contributed by atoms with Gasteiger partial charge in [-0.15, -0.1) is 0 Å². The first-order valence-electron chi connectivity index (χ1n) is 5.03. The maximum absolute atomic E-state index is 4.30. The lowest BCUT2D eigenvalue weighted by Gasteiger charge is -2.22. The second kappa shape index (κ2) is 3.87. The van der Waals surface area contributed by atoms with E-state index in [-0.39, 0.29) is 0 Å². The van der Waals surface area contributed by atoms with Crippen molar-refractivity contribution in [2.75, 3.05) is 6.54 Å². The molecule has 1 atom stereocenters. The van der Waals surface area contributed by atoms with Gasteiger partial charge in [0.2, 0.25) is 0 Å². The molecular formula is C9H16N4. The minimum absolute atomic E-state index is 0.427. The van der Waals surface area contributed by atoms with Gasteiger partial charge < -0.3 is 5.32 Å². The van der Waals surface area contributed by atoms with E-state index < -0.39 is 0 Å². The average molecular weight is 180 g/mol. The largest absolute Gasteiger partial charge is 0.307 e. The van der Waals surface area contributed by atoms with Gasteiger partial charge in [0.25, 0.3) is 0 Å². The van der Waals surface area contributed by atoms with Gasteiger partial charge in [-0.2, -0.15) is 5.10 Å². The smallest absolute Gasteiger partial charge is 0.143 e. The summed E-state index contributed by atoms with van der Waals surface area (Å²) in [6.07, 6.45) is 5.43. The van der Waals surface area contributed by atoms with Gasteiger partial charge in [0.15, 0.2) is 0 Å². The summed E-state index contributed by atoms with van der Waals surface area (Å²) in [7, 11) is 0. The molecule has 0 spiro atoms. The highest BCUT2D eigenvalue weighted by Crippen LogP contribution is 2.20. The van der Waals surface area contributed by atoms with Crippen molar-refractivity contribution >= 4 is 0 Å². The zero-order valence-electron chi connectivity index (χ0n) is 8.03. The van der Waals surface area contributed by atoms with E-state index in [1.165, 1.54) is 19.3 Å². The molecule has 0 saturated carbocycles. The Morgan fingerprint density at radius 1 is 1.62 bits per heavy atom. The lowest BCUT2D eigenvalue weighted by molar-refractivity contribution is 0.381. The molecule has 1 aliphatic heterocycles. The highest BCUT2D eigenvalue weighted by molar-refractivity contribution is 4.95. The minimum Gasteiger partial charge on any atom is -0.307 e. The van der Waals surface area contributed by atoms with Crippen molar-refractivity contribution < 1.29 is 0 Å². The number of hydrogen-bond acceptors (Lipinski definition) is 3. The Kier molecular flexibility index (Phi) is 2.59. The molecule has 2 rings (SSSR count). The molecule has 0 bridgehead atoms. The van der Waals surface area contributed by atoms with Crippen LogP contribution in [0.25, 0.3) is 0 Å². The number of nitrogens with one attached hydrogen (secondary N) is 1. The van der Waals surface area contributed by atoms with Crippen LogP contribution in [0.4, 0.5) is 0 Å². The van der Waals surface area contributed by atoms with Crippen LogP contribution < -0.4 is 5.32 Å². The van der Waals surface area contributed by atoms with Crippen molar-refractivity contribution in [1.82, 2.24) is 20.1 Å². The standard InChI is InChI=1S/C9H16N4/c1-2-13-9(11-7-12-13)8-5-3-4-6-10-8/h7-8,10H,2-6H2,1H3. The van der Waals surface area contributed by atoms with Gasteiger partial charge in [0, 0.05) is 6.54 Å². The van der Waals surface area contributed by atoms with E-state index in [2.05, 4.69) is 22.3 Å². The zero-order chi connectivity index (χ0) is 9.10. The van der Waals surface area contributed by atoms with Crippen molar-refractivity contribution in [3.8, 4) is 0 Å². The summed E-state index contributed by atoms with van der Waals surface area (Å²) in [6, 6.07) is 0.427. The van der Waals surface area contributed by atoms with Crippen molar-refractivity contribution in [2.24, 2.45) is 0 Å². The molecule has 2 heterocycles. The molecule has 1 saturated heterocycles. The molecule has 1 N–H and O–H groups in total. The molecule has 1 aromatic rings. The van der Waals surface area contributed by atoms with Crippen LogP contribution >= 0.6 is 0 Å². The quantitative estimate of drug-likeness (QED) is 0.741. The number of aryl methyl sites for hydroxylation is 1. The maximum Gasteiger partial charge on any atom is 0.143 e. The molecule has 4 heteroatoms. The van der Waals surface area contributed by atoms with Crippen molar-refractivity contribution in [3.63, 3.8) is 0 Å². The topological polar surface area (TPSA) is 42.7 Å². The van der Waals surface area contributed by atoms with Gasteiger partial charge in [0.1, 0.15) is 12.2 Å². The first-order chi connectivity index (χ1) is 6.42. The van der Waals surface area contributed by atoms with E-state index in [1.807, 2.05) is 4.68 Å². The second-order valence-corrected chi connectivity index (χ2v) is 3.44. The summed E-state index contributed by atoms with van der Waals surface area (Å²) in [4.78, 5) is 4.30. The van der Waals surface area contributed by atoms with Crippen LogP contribution in [-0.2, 0) is 6.54 Å². The van der Waals surface area contributed by atoms with Crippen molar-refractivity contribution in [2.45, 2.75) is 38.8 Å². The third-order valence-electron chi connectivity index (χ3n) is 2.57. The van der Waals surface area contributed by atoms with E-state index in [0.717, 1.165) is 18.9 Å². The Hall–Kier alpha value is -0.900. The van der Waals surface area contributed by atoms with Gasteiger partial charge in [-0.3, -0.25) is 0 Å². The summed E-state index contributed by atoms with van der Waals surface area (Å²) < 4.78 is 1.98. The first kappa shape index (κ1) is 8.69. The van der Waals surface area contributed by atoms with E-state index in [0.29, 0.717) is 6.04 Å². The molecule has 1 aromatic heterocycles. The highest BCUT2D eigenvalue weighted by Gasteiger charge is 2.18. The van der Waals surface area contributed by atoms with Gasteiger partial charge in [-0.25, -0.2) is 9.67 Å². The lowest BCUT2D eigenvalue weighted by atomic mass is 10.0. The van der Waals surface area contributed by atoms with Gasteiger partial charge in [-0.1, -0.05) is 6.42 Å². The summed E-state index contributed by atoms with van der Waals surface area (Å²) >= 11 is 0. The molecule has 1 aliphatic rings. The fraction of sp³-hybridized carbons (Fsp3) is 0.778. The fourth-order valence-electron chi connectivity index (χ4n) is 1.86. The van der Waals surface area contributed by atoms with Crippen molar-refractivity contribution in [3.05, 3.63) is 12.2 Å². The third-order valence-corrected chi connectivity index (χ3v) is 2.57. The summed E-state index contributed by atoms with van der Waals surface area (Å²) in [5, 5.41) is 7.65. The van der Waals surface area contributed by atoms with E-state index >= 15 is 0 Å². The molecule has 4 nitrogen and oxygen atoms in total. The van der Waals surface area contributed by atoms with Crippen LogP contribution in [0.5, 0.6) is 0 Å². The molecular weight excluding hydrogens is 164 g/mol. The monoisotopic (exact) mass is 180 g/mol. The summed E-state index contributed by atoms with van der Waals surface area (Å²) in [5.41, 5.74) is 0. The predicted octanol–water partition coefficient (Wildman–Crippen LogP) is 1.11. The average Bonchev–Trinajstić information content (AvgIpc) is 2.67. The molecule has 0 amide bonds. The van der Waals surface area contributed by atoms with Crippen LogP contribution in [0.2, 0.25) is 0 Å². The number of piperidine rings is 1. The first-order valence-corrected chi connectivity index (χ1v) is 5.03. The van der Waals surface area contributed by atoms with Gasteiger partial charge in [-0.05, 0) is 26.3 Å². The number of rotatable bonds is 2. The Morgan fingerprint density at radius 3 is 3.23 bits per heavy atom. The molecule has 0 aromatic carbocycles.